The molecule has 0 atom stereocenters. The van der Waals surface area contributed by atoms with Crippen LogP contribution in [-0.4, -0.2) is 11.4 Å². The van der Waals surface area contributed by atoms with Crippen molar-refractivity contribution < 1.29 is 0 Å². The minimum Gasteiger partial charge on any atom is -0.376 e. The number of para-hydroxylation sites is 3. The first kappa shape index (κ1) is 24.7. The molecule has 212 valence electrons. The fourth-order valence-electron chi connectivity index (χ4n) is 8.36. The van der Waals surface area contributed by atoms with Gasteiger partial charge in [-0.25, -0.2) is 0 Å². The highest BCUT2D eigenvalue weighted by Gasteiger charge is 2.43. The first-order valence-corrected chi connectivity index (χ1v) is 16.7. The smallest absolute Gasteiger partial charge is 0.330 e. The average molecular weight is 601 g/mol. The first-order valence-electron chi connectivity index (χ1n) is 15.9. The Bertz CT molecular complexity index is 2720. The molecule has 4 heteroatoms. The first-order chi connectivity index (χ1) is 22.8. The molecular weight excluding hydrogens is 575 g/mol. The number of aromatic nitrogens is 1. The molecule has 0 fully saturated rings. The molecule has 11 rings (SSSR count). The van der Waals surface area contributed by atoms with E-state index in [-0.39, 0.29) is 6.85 Å². The molecule has 9 aromatic rings. The van der Waals surface area contributed by atoms with Crippen molar-refractivity contribution in [3.05, 3.63) is 152 Å². The van der Waals surface area contributed by atoms with Crippen LogP contribution in [0.2, 0.25) is 0 Å². The van der Waals surface area contributed by atoms with Crippen LogP contribution in [0.3, 0.4) is 0 Å². The molecule has 0 amide bonds. The SMILES string of the molecule is c1ccc(-n2c3cc4sc5ccccc5c4cc3c3c4c(ccc32)-c2ccccc2N2B4c3ccccc3-c3ccccc32)cc1. The van der Waals surface area contributed by atoms with E-state index >= 15 is 0 Å². The molecule has 2 aliphatic heterocycles. The number of rotatable bonds is 1. The van der Waals surface area contributed by atoms with Gasteiger partial charge in [0.25, 0.3) is 0 Å². The van der Waals surface area contributed by atoms with Crippen molar-refractivity contribution >= 4 is 82.5 Å². The molecule has 0 saturated carbocycles. The Morgan fingerprint density at radius 3 is 1.96 bits per heavy atom. The summed E-state index contributed by atoms with van der Waals surface area (Å²) in [5, 5.41) is 5.31. The maximum Gasteiger partial charge on any atom is 0.330 e. The minimum atomic E-state index is 0.0319. The number of thiophene rings is 1. The van der Waals surface area contributed by atoms with Crippen LogP contribution in [0.1, 0.15) is 0 Å². The largest absolute Gasteiger partial charge is 0.376 e. The lowest BCUT2D eigenvalue weighted by Crippen LogP contribution is -2.59. The second-order valence-corrected chi connectivity index (χ2v) is 13.5. The zero-order valence-electron chi connectivity index (χ0n) is 24.8. The van der Waals surface area contributed by atoms with Crippen LogP contribution in [0, 0.1) is 0 Å². The van der Waals surface area contributed by atoms with Gasteiger partial charge in [0.1, 0.15) is 0 Å². The molecule has 7 aromatic carbocycles. The summed E-state index contributed by atoms with van der Waals surface area (Å²) in [6.45, 7) is 0.0319. The second kappa shape index (κ2) is 9.00. The summed E-state index contributed by atoms with van der Waals surface area (Å²) in [5.41, 5.74) is 14.2. The summed E-state index contributed by atoms with van der Waals surface area (Å²) in [7, 11) is 0. The number of benzene rings is 7. The standard InChI is InChI=1S/C42H25BN2S/c1-2-12-26(13-3-1)44-37-23-22-31-29-16-6-10-20-36(29)45-35-19-9-5-15-28(35)27-14-4-8-18-34(27)43(45)42(31)41(37)33-24-32-30-17-7-11-21-39(30)46-40(32)25-38(33)44/h1-25H. The molecule has 0 N–H and O–H groups in total. The molecular formula is C42H25BN2S. The lowest BCUT2D eigenvalue weighted by molar-refractivity contribution is 1.18. The molecule has 2 aliphatic rings. The highest BCUT2D eigenvalue weighted by Crippen LogP contribution is 2.48. The van der Waals surface area contributed by atoms with Crippen molar-refractivity contribution in [3.8, 4) is 27.9 Å². The van der Waals surface area contributed by atoms with Crippen LogP contribution in [-0.2, 0) is 0 Å². The molecule has 2 nitrogen and oxygen atoms in total. The van der Waals surface area contributed by atoms with E-state index in [1.807, 2.05) is 11.3 Å². The van der Waals surface area contributed by atoms with Crippen molar-refractivity contribution in [2.75, 3.05) is 4.81 Å². The normalized spacial score (nSPS) is 13.1. The van der Waals surface area contributed by atoms with Gasteiger partial charge in [-0.2, -0.15) is 0 Å². The van der Waals surface area contributed by atoms with Crippen LogP contribution >= 0.6 is 11.3 Å². The molecule has 46 heavy (non-hydrogen) atoms. The fraction of sp³-hybridized carbons (Fsp3) is 0. The second-order valence-electron chi connectivity index (χ2n) is 12.4. The number of hydrogen-bond donors (Lipinski definition) is 0. The molecule has 0 spiro atoms. The Balaban J connectivity index is 1.36. The van der Waals surface area contributed by atoms with E-state index < -0.39 is 0 Å². The van der Waals surface area contributed by atoms with Gasteiger partial charge >= 0.3 is 6.85 Å². The van der Waals surface area contributed by atoms with Gasteiger partial charge in [-0.05, 0) is 70.6 Å². The zero-order valence-corrected chi connectivity index (χ0v) is 25.6. The van der Waals surface area contributed by atoms with E-state index in [0.29, 0.717) is 0 Å². The summed E-state index contributed by atoms with van der Waals surface area (Å²) in [6.07, 6.45) is 0. The summed E-state index contributed by atoms with van der Waals surface area (Å²) < 4.78 is 5.15. The lowest BCUT2D eigenvalue weighted by Gasteiger charge is -2.43. The Kier molecular flexibility index (Phi) is 4.83. The number of fused-ring (bicyclic) bond motifs is 18. The zero-order chi connectivity index (χ0) is 29.9. The maximum absolute atomic E-state index is 2.61. The quantitative estimate of drug-likeness (QED) is 0.170. The van der Waals surface area contributed by atoms with Gasteiger partial charge in [0.15, 0.2) is 0 Å². The van der Waals surface area contributed by atoms with Gasteiger partial charge in [0.05, 0.1) is 11.0 Å². The fourth-order valence-corrected chi connectivity index (χ4v) is 9.48. The van der Waals surface area contributed by atoms with Crippen LogP contribution in [0.25, 0.3) is 69.9 Å². The lowest BCUT2D eigenvalue weighted by atomic mass is 9.42. The van der Waals surface area contributed by atoms with E-state index in [0.717, 1.165) is 0 Å². The molecule has 0 saturated heterocycles. The predicted octanol–water partition coefficient (Wildman–Crippen LogP) is 10.1. The maximum atomic E-state index is 2.61. The number of anilines is 2. The molecule has 0 bridgehead atoms. The molecule has 2 aromatic heterocycles. The van der Waals surface area contributed by atoms with Gasteiger partial charge < -0.3 is 9.38 Å². The number of nitrogens with zero attached hydrogens (tertiary/aromatic N) is 2. The molecule has 4 heterocycles. The van der Waals surface area contributed by atoms with E-state index in [1.165, 1.54) is 92.2 Å². The summed E-state index contributed by atoms with van der Waals surface area (Å²) >= 11 is 1.89. The average Bonchev–Trinajstić information content (AvgIpc) is 3.65. The third-order valence-electron chi connectivity index (χ3n) is 10.2. The summed E-state index contributed by atoms with van der Waals surface area (Å²) in [5.74, 6) is 0. The van der Waals surface area contributed by atoms with Crippen molar-refractivity contribution in [2.45, 2.75) is 0 Å². The summed E-state index contributed by atoms with van der Waals surface area (Å²) in [6, 6.07) is 56.3. The third kappa shape index (κ3) is 3.12. The van der Waals surface area contributed by atoms with Gasteiger partial charge in [-0.15, -0.1) is 11.3 Å². The van der Waals surface area contributed by atoms with E-state index in [1.54, 1.807) is 0 Å². The van der Waals surface area contributed by atoms with Crippen LogP contribution in [0.4, 0.5) is 11.4 Å². The highest BCUT2D eigenvalue weighted by atomic mass is 32.1. The molecule has 0 radical (unpaired) electrons. The Morgan fingerprint density at radius 2 is 1.13 bits per heavy atom. The van der Waals surface area contributed by atoms with Crippen molar-refractivity contribution in [3.63, 3.8) is 0 Å². The van der Waals surface area contributed by atoms with E-state index in [9.17, 15) is 0 Å². The number of hydrogen-bond acceptors (Lipinski definition) is 2. The monoisotopic (exact) mass is 600 g/mol. The molecule has 0 aliphatic carbocycles. The van der Waals surface area contributed by atoms with Crippen LogP contribution in [0.15, 0.2) is 152 Å². The molecule has 0 unspecified atom stereocenters. The van der Waals surface area contributed by atoms with Crippen molar-refractivity contribution in [1.29, 1.82) is 0 Å². The third-order valence-corrected chi connectivity index (χ3v) is 11.3. The summed E-state index contributed by atoms with van der Waals surface area (Å²) in [4.78, 5) is 2.61. The Morgan fingerprint density at radius 1 is 0.457 bits per heavy atom. The minimum absolute atomic E-state index is 0.0319. The predicted molar refractivity (Wildman–Crippen MR) is 198 cm³/mol. The highest BCUT2D eigenvalue weighted by molar-refractivity contribution is 7.25. The van der Waals surface area contributed by atoms with Crippen LogP contribution in [0.5, 0.6) is 0 Å². The van der Waals surface area contributed by atoms with Crippen molar-refractivity contribution in [2.24, 2.45) is 0 Å². The van der Waals surface area contributed by atoms with Gasteiger partial charge in [0.2, 0.25) is 0 Å². The van der Waals surface area contributed by atoms with E-state index in [4.69, 9.17) is 0 Å². The van der Waals surface area contributed by atoms with Crippen molar-refractivity contribution in [1.82, 2.24) is 4.57 Å². The van der Waals surface area contributed by atoms with Gasteiger partial charge in [-0.1, -0.05) is 103 Å². The van der Waals surface area contributed by atoms with E-state index in [2.05, 4.69) is 161 Å². The Labute approximate surface area is 270 Å². The van der Waals surface area contributed by atoms with Crippen LogP contribution < -0.4 is 15.7 Å². The van der Waals surface area contributed by atoms with Gasteiger partial charge in [-0.3, -0.25) is 0 Å². The van der Waals surface area contributed by atoms with Gasteiger partial charge in [0, 0.05) is 59.1 Å². The topological polar surface area (TPSA) is 8.17 Å². The Hall–Kier alpha value is -5.58.